The van der Waals surface area contributed by atoms with E-state index in [1.54, 1.807) is 25.3 Å². The van der Waals surface area contributed by atoms with Gasteiger partial charge in [-0.1, -0.05) is 12.2 Å². The van der Waals surface area contributed by atoms with Crippen LogP contribution in [0, 0.1) is 11.8 Å². The van der Waals surface area contributed by atoms with E-state index in [4.69, 9.17) is 14.2 Å². The lowest BCUT2D eigenvalue weighted by Gasteiger charge is -2.36. The summed E-state index contributed by atoms with van der Waals surface area (Å²) in [6, 6.07) is 9.35. The van der Waals surface area contributed by atoms with Crippen molar-refractivity contribution in [3.8, 4) is 17.2 Å². The fourth-order valence-electron chi connectivity index (χ4n) is 5.34. The van der Waals surface area contributed by atoms with Crippen molar-refractivity contribution in [2.75, 3.05) is 31.1 Å². The number of imide groups is 1. The molecule has 0 N–H and O–H groups in total. The second-order valence-corrected chi connectivity index (χ2v) is 8.34. The molecule has 5 rings (SSSR count). The third-order valence-corrected chi connectivity index (χ3v) is 6.76. The summed E-state index contributed by atoms with van der Waals surface area (Å²) in [7, 11) is 4.59. The predicted octanol–water partition coefficient (Wildman–Crippen LogP) is 2.69. The van der Waals surface area contributed by atoms with Gasteiger partial charge >= 0.3 is 0 Å². The van der Waals surface area contributed by atoms with E-state index in [2.05, 4.69) is 0 Å². The van der Waals surface area contributed by atoms with E-state index in [1.807, 2.05) is 35.3 Å². The Balaban J connectivity index is 1.60. The number of ketones is 1. The molecule has 0 spiro atoms. The number of nitrogens with zero attached hydrogens (tertiary/aromatic N) is 2. The number of rotatable bonds is 5. The van der Waals surface area contributed by atoms with Gasteiger partial charge in [-0.15, -0.1) is 0 Å². The third-order valence-electron chi connectivity index (χ3n) is 6.76. The van der Waals surface area contributed by atoms with E-state index in [1.165, 1.54) is 21.1 Å². The molecule has 2 saturated heterocycles. The fraction of sp³-hybridized carbons (Fsp3) is 0.320. The Morgan fingerprint density at radius 3 is 2.12 bits per heavy atom. The van der Waals surface area contributed by atoms with Crippen LogP contribution in [-0.4, -0.2) is 51.0 Å². The summed E-state index contributed by atoms with van der Waals surface area (Å²) in [6.07, 6.45) is 3.83. The molecule has 4 atom stereocenters. The van der Waals surface area contributed by atoms with Crippen LogP contribution in [0.4, 0.5) is 11.4 Å². The van der Waals surface area contributed by atoms with Crippen LogP contribution in [0.2, 0.25) is 0 Å². The van der Waals surface area contributed by atoms with Crippen LogP contribution in [-0.2, 0) is 14.4 Å². The number of carbonyl (C=O) groups is 3. The predicted molar refractivity (Wildman–Crippen MR) is 122 cm³/mol. The number of hydrogen-bond donors (Lipinski definition) is 0. The van der Waals surface area contributed by atoms with Crippen LogP contribution in [0.5, 0.6) is 17.2 Å². The highest BCUT2D eigenvalue weighted by Gasteiger charge is 2.64. The van der Waals surface area contributed by atoms with Crippen LogP contribution in [0.25, 0.3) is 6.08 Å². The smallest absolute Gasteiger partial charge is 0.240 e. The Morgan fingerprint density at radius 1 is 0.848 bits per heavy atom. The lowest BCUT2D eigenvalue weighted by molar-refractivity contribution is -0.126. The summed E-state index contributed by atoms with van der Waals surface area (Å²) in [5.41, 5.74) is 2.04. The zero-order valence-corrected chi connectivity index (χ0v) is 18.8. The second-order valence-electron chi connectivity index (χ2n) is 8.34. The molecular weight excluding hydrogens is 424 g/mol. The molecule has 2 aromatic carbocycles. The van der Waals surface area contributed by atoms with E-state index in [9.17, 15) is 14.4 Å². The van der Waals surface area contributed by atoms with Crippen molar-refractivity contribution in [1.82, 2.24) is 0 Å². The highest BCUT2D eigenvalue weighted by molar-refractivity contribution is 6.25. The van der Waals surface area contributed by atoms with Gasteiger partial charge in [-0.2, -0.15) is 0 Å². The first-order valence-corrected chi connectivity index (χ1v) is 10.7. The number of methoxy groups -OCH3 is 3. The lowest BCUT2D eigenvalue weighted by atomic mass is 9.88. The second kappa shape index (κ2) is 7.65. The molecule has 3 aliphatic rings. The average Bonchev–Trinajstić information content (AvgIpc) is 3.31. The Morgan fingerprint density at radius 2 is 1.48 bits per heavy atom. The summed E-state index contributed by atoms with van der Waals surface area (Å²) < 4.78 is 16.0. The van der Waals surface area contributed by atoms with Crippen LogP contribution in [0.3, 0.4) is 0 Å². The van der Waals surface area contributed by atoms with Crippen molar-refractivity contribution >= 4 is 35.0 Å². The molecule has 2 fully saturated rings. The molecule has 3 aliphatic heterocycles. The van der Waals surface area contributed by atoms with Gasteiger partial charge < -0.3 is 19.1 Å². The molecule has 0 aromatic heterocycles. The largest absolute Gasteiger partial charge is 0.497 e. The molecule has 0 radical (unpaired) electrons. The first kappa shape index (κ1) is 21.1. The normalized spacial score (nSPS) is 25.0. The molecule has 3 heterocycles. The number of carbonyl (C=O) groups excluding carboxylic acids is 3. The van der Waals surface area contributed by atoms with E-state index in [0.29, 0.717) is 22.9 Å². The molecule has 0 aliphatic carbocycles. The van der Waals surface area contributed by atoms with Crippen molar-refractivity contribution in [2.24, 2.45) is 11.8 Å². The molecule has 0 unspecified atom stereocenters. The number of benzene rings is 2. The van der Waals surface area contributed by atoms with Crippen molar-refractivity contribution in [1.29, 1.82) is 0 Å². The minimum atomic E-state index is -0.787. The number of fused-ring (bicyclic) bond motifs is 5. The first-order valence-electron chi connectivity index (χ1n) is 10.7. The minimum Gasteiger partial charge on any atom is -0.497 e. The lowest BCUT2D eigenvalue weighted by Crippen LogP contribution is -2.48. The standard InChI is InChI=1S/C25H24N2O6/c1-13(28)23-22-21(19-8-5-14-11-15(31-2)6-9-17(14)26(19)23)24(29)27(25(22)30)18-10-7-16(32-3)12-20(18)33-4/h5-12,19,21-23H,1-4H3/t19-,21-,22-,23-/m1/s1. The molecule has 0 bridgehead atoms. The van der Waals surface area contributed by atoms with Gasteiger partial charge in [0.25, 0.3) is 0 Å². The Kier molecular flexibility index (Phi) is 4.88. The van der Waals surface area contributed by atoms with Gasteiger partial charge in [0.1, 0.15) is 23.3 Å². The topological polar surface area (TPSA) is 85.4 Å². The van der Waals surface area contributed by atoms with Gasteiger partial charge in [0, 0.05) is 17.3 Å². The van der Waals surface area contributed by atoms with E-state index in [0.717, 1.165) is 16.2 Å². The van der Waals surface area contributed by atoms with Gasteiger partial charge in [0.2, 0.25) is 11.8 Å². The fourth-order valence-corrected chi connectivity index (χ4v) is 5.34. The number of amides is 2. The zero-order valence-electron chi connectivity index (χ0n) is 18.8. The van der Waals surface area contributed by atoms with Crippen LogP contribution in [0.1, 0.15) is 12.5 Å². The summed E-state index contributed by atoms with van der Waals surface area (Å²) in [4.78, 5) is 43.3. The maximum atomic E-state index is 13.7. The Hall–Kier alpha value is -3.81. The van der Waals surface area contributed by atoms with Gasteiger partial charge in [-0.05, 0) is 37.3 Å². The van der Waals surface area contributed by atoms with E-state index in [-0.39, 0.29) is 11.7 Å². The van der Waals surface area contributed by atoms with Crippen LogP contribution < -0.4 is 24.0 Å². The van der Waals surface area contributed by atoms with Crippen molar-refractivity contribution in [2.45, 2.75) is 19.0 Å². The molecule has 8 heteroatoms. The quantitative estimate of drug-likeness (QED) is 0.650. The summed E-state index contributed by atoms with van der Waals surface area (Å²) >= 11 is 0. The molecule has 8 nitrogen and oxygen atoms in total. The van der Waals surface area contributed by atoms with Gasteiger partial charge in [-0.25, -0.2) is 4.90 Å². The maximum Gasteiger partial charge on any atom is 0.240 e. The highest BCUT2D eigenvalue weighted by Crippen LogP contribution is 2.50. The zero-order chi connectivity index (χ0) is 23.4. The van der Waals surface area contributed by atoms with Gasteiger partial charge in [0.05, 0.1) is 44.9 Å². The average molecular weight is 448 g/mol. The molecule has 2 amide bonds. The monoisotopic (exact) mass is 448 g/mol. The molecule has 0 saturated carbocycles. The first-order chi connectivity index (χ1) is 15.9. The number of anilines is 2. The third kappa shape index (κ3) is 2.93. The van der Waals surface area contributed by atoms with E-state index >= 15 is 0 Å². The Bertz CT molecular complexity index is 1210. The molecular formula is C25H24N2O6. The van der Waals surface area contributed by atoms with Crippen molar-refractivity contribution < 1.29 is 28.6 Å². The minimum absolute atomic E-state index is 0.158. The number of ether oxygens (including phenoxy) is 3. The number of Topliss-reactive ketones (excluding diaryl/α,β-unsaturated/α-hetero) is 1. The summed E-state index contributed by atoms with van der Waals surface area (Å²) in [6.45, 7) is 1.47. The number of hydrogen-bond acceptors (Lipinski definition) is 7. The molecule has 170 valence electrons. The van der Waals surface area contributed by atoms with Crippen molar-refractivity contribution in [3.63, 3.8) is 0 Å². The van der Waals surface area contributed by atoms with Gasteiger partial charge in [0.15, 0.2) is 5.78 Å². The van der Waals surface area contributed by atoms with Crippen molar-refractivity contribution in [3.05, 3.63) is 48.0 Å². The van der Waals surface area contributed by atoms with Gasteiger partial charge in [-0.3, -0.25) is 14.4 Å². The van der Waals surface area contributed by atoms with Crippen LogP contribution in [0.15, 0.2) is 42.5 Å². The highest BCUT2D eigenvalue weighted by atomic mass is 16.5. The van der Waals surface area contributed by atoms with Crippen LogP contribution >= 0.6 is 0 Å². The maximum absolute atomic E-state index is 13.7. The summed E-state index contributed by atoms with van der Waals surface area (Å²) in [5.74, 6) is -0.766. The summed E-state index contributed by atoms with van der Waals surface area (Å²) in [5, 5.41) is 0. The molecule has 2 aromatic rings. The molecule has 33 heavy (non-hydrogen) atoms. The van der Waals surface area contributed by atoms with E-state index < -0.39 is 29.8 Å². The SMILES string of the molecule is COc1ccc2c(c1)C=C[C@@H]1[C@H]3C(=O)N(c4ccc(OC)cc4OC)C(=O)[C@H]3[C@@H](C(C)=O)N21. The Labute approximate surface area is 191 Å².